The molecule has 0 saturated heterocycles. The highest BCUT2D eigenvalue weighted by Crippen LogP contribution is 2.36. The molecule has 3 rings (SSSR count). The normalized spacial score (nSPS) is 14.0. The fraction of sp³-hybridized carbons (Fsp3) is 0.300. The van der Waals surface area contributed by atoms with Crippen LogP contribution < -0.4 is 20.7 Å². The Morgan fingerprint density at radius 1 is 1.30 bits per heavy atom. The zero-order valence-corrected chi connectivity index (χ0v) is 16.9. The van der Waals surface area contributed by atoms with Crippen molar-refractivity contribution in [3.63, 3.8) is 0 Å². The molecule has 0 fully saturated rings. The first-order valence-corrected chi connectivity index (χ1v) is 9.57. The highest BCUT2D eigenvalue weighted by atomic mass is 79.9. The Hall–Kier alpha value is -2.38. The quantitative estimate of drug-likeness (QED) is 0.652. The summed E-state index contributed by atoms with van der Waals surface area (Å²) in [4.78, 5) is 22.5. The number of amides is 2. The van der Waals surface area contributed by atoms with Gasteiger partial charge in [0.25, 0.3) is 5.91 Å². The Kier molecular flexibility index (Phi) is 6.13. The Morgan fingerprint density at radius 3 is 2.74 bits per heavy atom. The van der Waals surface area contributed by atoms with Gasteiger partial charge in [-0.05, 0) is 55.3 Å². The lowest BCUT2D eigenvalue weighted by Gasteiger charge is -2.22. The molecule has 0 radical (unpaired) electrons. The summed E-state index contributed by atoms with van der Waals surface area (Å²) >= 11 is 3.58. The minimum atomic E-state index is -0.141. The van der Waals surface area contributed by atoms with Crippen LogP contribution >= 0.6 is 15.9 Å². The third-order valence-corrected chi connectivity index (χ3v) is 5.02. The monoisotopic (exact) mass is 431 g/mol. The molecule has 1 heterocycles. The van der Waals surface area contributed by atoms with Crippen molar-refractivity contribution in [2.75, 3.05) is 23.8 Å². The molecule has 0 bridgehead atoms. The average Bonchev–Trinajstić information content (AvgIpc) is 2.62. The minimum absolute atomic E-state index is 0.0460. The number of carbonyl (C=O) groups is 2. The van der Waals surface area contributed by atoms with Gasteiger partial charge >= 0.3 is 0 Å². The van der Waals surface area contributed by atoms with Crippen LogP contribution in [0.2, 0.25) is 0 Å². The highest BCUT2D eigenvalue weighted by Gasteiger charge is 2.20. The molecule has 2 aromatic carbocycles. The molecule has 1 atom stereocenters. The fourth-order valence-corrected chi connectivity index (χ4v) is 3.64. The summed E-state index contributed by atoms with van der Waals surface area (Å²) < 4.78 is 6.43. The predicted octanol–water partition coefficient (Wildman–Crippen LogP) is 3.63. The molecule has 0 spiro atoms. The molecule has 27 heavy (non-hydrogen) atoms. The molecule has 0 saturated carbocycles. The number of halogens is 1. The van der Waals surface area contributed by atoms with Crippen LogP contribution in [0.25, 0.3) is 0 Å². The SMILES string of the molecule is CC(=O)Nc1ccc(CCN[C@@H](C)c2cc3c(cc2Br)NC(=O)CO3)cc1. The number of nitrogens with one attached hydrogen (secondary N) is 3. The maximum absolute atomic E-state index is 11.4. The first-order chi connectivity index (χ1) is 12.9. The van der Waals surface area contributed by atoms with E-state index in [0.717, 1.165) is 28.7 Å². The van der Waals surface area contributed by atoms with Gasteiger partial charge < -0.3 is 20.7 Å². The van der Waals surface area contributed by atoms with E-state index >= 15 is 0 Å². The number of anilines is 2. The van der Waals surface area contributed by atoms with Gasteiger partial charge in [-0.1, -0.05) is 28.1 Å². The fourth-order valence-electron chi connectivity index (χ4n) is 2.95. The second-order valence-corrected chi connectivity index (χ2v) is 7.36. The molecule has 2 amide bonds. The molecule has 3 N–H and O–H groups in total. The second kappa shape index (κ2) is 8.54. The second-order valence-electron chi connectivity index (χ2n) is 6.51. The molecule has 0 unspecified atom stereocenters. The minimum Gasteiger partial charge on any atom is -0.482 e. The van der Waals surface area contributed by atoms with E-state index in [1.54, 1.807) is 0 Å². The highest BCUT2D eigenvalue weighted by molar-refractivity contribution is 9.10. The molecule has 1 aliphatic rings. The molecular weight excluding hydrogens is 410 g/mol. The average molecular weight is 432 g/mol. The van der Waals surface area contributed by atoms with Crippen molar-refractivity contribution >= 4 is 39.1 Å². The number of fused-ring (bicyclic) bond motifs is 1. The lowest BCUT2D eigenvalue weighted by molar-refractivity contribution is -0.118. The number of hydrogen-bond donors (Lipinski definition) is 3. The van der Waals surface area contributed by atoms with E-state index in [4.69, 9.17) is 4.74 Å². The molecule has 1 aliphatic heterocycles. The van der Waals surface area contributed by atoms with Gasteiger partial charge in [0.15, 0.2) is 6.61 Å². The maximum atomic E-state index is 11.4. The van der Waals surface area contributed by atoms with Crippen LogP contribution in [0.1, 0.15) is 31.0 Å². The van der Waals surface area contributed by atoms with E-state index in [0.29, 0.717) is 11.4 Å². The van der Waals surface area contributed by atoms with E-state index in [1.165, 1.54) is 12.5 Å². The number of hydrogen-bond acceptors (Lipinski definition) is 4. The van der Waals surface area contributed by atoms with Crippen LogP contribution in [0.5, 0.6) is 5.75 Å². The molecule has 7 heteroatoms. The summed E-state index contributed by atoms with van der Waals surface area (Å²) in [6, 6.07) is 11.8. The van der Waals surface area contributed by atoms with E-state index in [-0.39, 0.29) is 24.5 Å². The maximum Gasteiger partial charge on any atom is 0.262 e. The van der Waals surface area contributed by atoms with Gasteiger partial charge in [-0.15, -0.1) is 0 Å². The summed E-state index contributed by atoms with van der Waals surface area (Å²) in [7, 11) is 0. The third kappa shape index (κ3) is 5.08. The Balaban J connectivity index is 1.57. The van der Waals surface area contributed by atoms with Crippen LogP contribution in [-0.4, -0.2) is 25.0 Å². The molecule has 142 valence electrons. The first kappa shape index (κ1) is 19.4. The van der Waals surface area contributed by atoms with Gasteiger partial charge in [-0.25, -0.2) is 0 Å². The summed E-state index contributed by atoms with van der Waals surface area (Å²) in [5, 5.41) is 9.08. The van der Waals surface area contributed by atoms with Crippen LogP contribution in [0.3, 0.4) is 0 Å². The van der Waals surface area contributed by atoms with Crippen molar-refractivity contribution in [3.05, 3.63) is 52.0 Å². The standard InChI is InChI=1S/C20H22BrN3O3/c1-12(16-9-19-18(10-17(16)21)24-20(26)11-27-19)22-8-7-14-3-5-15(6-4-14)23-13(2)25/h3-6,9-10,12,22H,7-8,11H2,1-2H3,(H,23,25)(H,24,26)/t12-/m0/s1. The zero-order chi connectivity index (χ0) is 19.4. The molecular formula is C20H22BrN3O3. The van der Waals surface area contributed by atoms with Crippen molar-refractivity contribution in [3.8, 4) is 5.75 Å². The molecule has 6 nitrogen and oxygen atoms in total. The van der Waals surface area contributed by atoms with E-state index in [1.807, 2.05) is 36.4 Å². The molecule has 0 aromatic heterocycles. The van der Waals surface area contributed by atoms with Gasteiger partial charge in [0.2, 0.25) is 5.91 Å². The van der Waals surface area contributed by atoms with Gasteiger partial charge in [-0.2, -0.15) is 0 Å². The summed E-state index contributed by atoms with van der Waals surface area (Å²) in [5.41, 5.74) is 3.76. The first-order valence-electron chi connectivity index (χ1n) is 8.78. The van der Waals surface area contributed by atoms with E-state index in [2.05, 4.69) is 38.8 Å². The predicted molar refractivity (Wildman–Crippen MR) is 109 cm³/mol. The number of carbonyl (C=O) groups excluding carboxylic acids is 2. The van der Waals surface area contributed by atoms with Crippen molar-refractivity contribution < 1.29 is 14.3 Å². The number of benzene rings is 2. The summed E-state index contributed by atoms with van der Waals surface area (Å²) in [6.45, 7) is 4.44. The lowest BCUT2D eigenvalue weighted by atomic mass is 10.1. The smallest absolute Gasteiger partial charge is 0.262 e. The van der Waals surface area contributed by atoms with Crippen molar-refractivity contribution in [1.29, 1.82) is 0 Å². The summed E-state index contributed by atoms with van der Waals surface area (Å²) in [5.74, 6) is 0.477. The van der Waals surface area contributed by atoms with Crippen molar-refractivity contribution in [2.24, 2.45) is 0 Å². The zero-order valence-electron chi connectivity index (χ0n) is 15.3. The van der Waals surface area contributed by atoms with Crippen LogP contribution in [0.15, 0.2) is 40.9 Å². The summed E-state index contributed by atoms with van der Waals surface area (Å²) in [6.07, 6.45) is 0.875. The number of ether oxygens (including phenoxy) is 1. The Labute approximate surface area is 166 Å². The van der Waals surface area contributed by atoms with Crippen LogP contribution in [0, 0.1) is 0 Å². The van der Waals surface area contributed by atoms with Crippen molar-refractivity contribution in [2.45, 2.75) is 26.3 Å². The molecule has 0 aliphatic carbocycles. The lowest BCUT2D eigenvalue weighted by Crippen LogP contribution is -2.26. The Morgan fingerprint density at radius 2 is 2.04 bits per heavy atom. The molecule has 2 aromatic rings. The van der Waals surface area contributed by atoms with Gasteiger partial charge in [0, 0.05) is 23.1 Å². The third-order valence-electron chi connectivity index (χ3n) is 4.34. The van der Waals surface area contributed by atoms with E-state index < -0.39 is 0 Å². The topological polar surface area (TPSA) is 79.5 Å². The van der Waals surface area contributed by atoms with Gasteiger partial charge in [0.1, 0.15) is 5.75 Å². The number of rotatable bonds is 6. The Bertz CT molecular complexity index is 852. The van der Waals surface area contributed by atoms with Gasteiger partial charge in [-0.3, -0.25) is 9.59 Å². The van der Waals surface area contributed by atoms with Gasteiger partial charge in [0.05, 0.1) is 5.69 Å². The van der Waals surface area contributed by atoms with Crippen LogP contribution in [0.4, 0.5) is 11.4 Å². The van der Waals surface area contributed by atoms with Crippen molar-refractivity contribution in [1.82, 2.24) is 5.32 Å². The largest absolute Gasteiger partial charge is 0.482 e. The van der Waals surface area contributed by atoms with Crippen LogP contribution in [-0.2, 0) is 16.0 Å². The van der Waals surface area contributed by atoms with E-state index in [9.17, 15) is 9.59 Å².